The van der Waals surface area contributed by atoms with Crippen molar-refractivity contribution in [2.75, 3.05) is 18.1 Å². The summed E-state index contributed by atoms with van der Waals surface area (Å²) in [6, 6.07) is 6.06. The van der Waals surface area contributed by atoms with Gasteiger partial charge in [-0.15, -0.1) is 0 Å². The zero-order valence-corrected chi connectivity index (χ0v) is 8.37. The van der Waals surface area contributed by atoms with Crippen molar-refractivity contribution in [3.8, 4) is 5.75 Å². The van der Waals surface area contributed by atoms with Crippen LogP contribution in [0.5, 0.6) is 5.75 Å². The van der Waals surface area contributed by atoms with E-state index in [0.29, 0.717) is 0 Å². The minimum atomic E-state index is 0.884. The molecule has 0 amide bonds. The molecular formula is C9H13NOS. The van der Waals surface area contributed by atoms with E-state index in [4.69, 9.17) is 4.74 Å². The number of hydrogen-bond donors (Lipinski definition) is 1. The van der Waals surface area contributed by atoms with Crippen molar-refractivity contribution in [1.82, 2.24) is 0 Å². The van der Waals surface area contributed by atoms with Crippen molar-refractivity contribution < 1.29 is 4.74 Å². The molecule has 0 saturated heterocycles. The molecular weight excluding hydrogens is 170 g/mol. The van der Waals surface area contributed by atoms with E-state index in [2.05, 4.69) is 17.7 Å². The minimum absolute atomic E-state index is 0.884. The molecule has 0 bridgehead atoms. The first-order chi connectivity index (χ1) is 5.77. The standard InChI is InChI=1S/C9H13NOS/c1-7-4-5-9(11-2)8(6-7)10-12-3/h4-6,10H,1-3H3. The third-order valence-corrected chi connectivity index (χ3v) is 1.99. The number of ether oxygens (including phenoxy) is 1. The fourth-order valence-electron chi connectivity index (χ4n) is 1.01. The molecule has 0 aliphatic carbocycles. The summed E-state index contributed by atoms with van der Waals surface area (Å²) in [5, 5.41) is 0. The quantitative estimate of drug-likeness (QED) is 0.728. The summed E-state index contributed by atoms with van der Waals surface area (Å²) < 4.78 is 8.34. The van der Waals surface area contributed by atoms with Gasteiger partial charge in [-0.05, 0) is 24.6 Å². The number of methoxy groups -OCH3 is 1. The molecule has 0 spiro atoms. The first-order valence-corrected chi connectivity index (χ1v) is 4.94. The SMILES string of the molecule is COc1ccc(C)cc1NSC. The van der Waals surface area contributed by atoms with Gasteiger partial charge in [0.15, 0.2) is 0 Å². The maximum absolute atomic E-state index is 5.18. The maximum atomic E-state index is 5.18. The normalized spacial score (nSPS) is 9.58. The smallest absolute Gasteiger partial charge is 0.142 e. The Bertz CT molecular complexity index is 263. The Morgan fingerprint density at radius 2 is 2.17 bits per heavy atom. The summed E-state index contributed by atoms with van der Waals surface area (Å²) in [4.78, 5) is 0. The fraction of sp³-hybridized carbons (Fsp3) is 0.333. The molecule has 0 fully saturated rings. The predicted octanol–water partition coefficient (Wildman–Crippen LogP) is 2.69. The molecule has 66 valence electrons. The van der Waals surface area contributed by atoms with Crippen LogP contribution in [0.1, 0.15) is 5.56 Å². The van der Waals surface area contributed by atoms with Gasteiger partial charge < -0.3 is 9.46 Å². The molecule has 1 aromatic carbocycles. The second-order valence-electron chi connectivity index (χ2n) is 2.51. The number of aryl methyl sites for hydroxylation is 1. The summed E-state index contributed by atoms with van der Waals surface area (Å²) in [5.41, 5.74) is 2.26. The van der Waals surface area contributed by atoms with E-state index in [0.717, 1.165) is 11.4 Å². The van der Waals surface area contributed by atoms with Crippen molar-refractivity contribution in [3.63, 3.8) is 0 Å². The van der Waals surface area contributed by atoms with Crippen LogP contribution in [0.3, 0.4) is 0 Å². The molecule has 1 N–H and O–H groups in total. The van der Waals surface area contributed by atoms with Crippen molar-refractivity contribution in [1.29, 1.82) is 0 Å². The fourth-order valence-corrected chi connectivity index (χ4v) is 1.39. The van der Waals surface area contributed by atoms with Crippen molar-refractivity contribution in [2.45, 2.75) is 6.92 Å². The summed E-state index contributed by atoms with van der Waals surface area (Å²) in [5.74, 6) is 0.884. The molecule has 0 unspecified atom stereocenters. The summed E-state index contributed by atoms with van der Waals surface area (Å²) in [7, 11) is 1.68. The van der Waals surface area contributed by atoms with Crippen LogP contribution < -0.4 is 9.46 Å². The monoisotopic (exact) mass is 183 g/mol. The Kier molecular flexibility index (Phi) is 3.29. The van der Waals surface area contributed by atoms with E-state index in [1.807, 2.05) is 18.4 Å². The molecule has 0 heterocycles. The van der Waals surface area contributed by atoms with E-state index < -0.39 is 0 Å². The second kappa shape index (κ2) is 4.26. The number of nitrogens with one attached hydrogen (secondary N) is 1. The molecule has 0 aromatic heterocycles. The van der Waals surface area contributed by atoms with Gasteiger partial charge in [-0.25, -0.2) is 0 Å². The van der Waals surface area contributed by atoms with E-state index in [9.17, 15) is 0 Å². The van der Waals surface area contributed by atoms with Gasteiger partial charge >= 0.3 is 0 Å². The van der Waals surface area contributed by atoms with Crippen molar-refractivity contribution >= 4 is 17.6 Å². The zero-order chi connectivity index (χ0) is 8.97. The molecule has 0 aliphatic rings. The number of rotatable bonds is 3. The lowest BCUT2D eigenvalue weighted by Gasteiger charge is -2.08. The van der Waals surface area contributed by atoms with Gasteiger partial charge in [0.05, 0.1) is 12.8 Å². The highest BCUT2D eigenvalue weighted by molar-refractivity contribution is 7.99. The van der Waals surface area contributed by atoms with Crippen molar-refractivity contribution in [3.05, 3.63) is 23.8 Å². The Labute approximate surface area is 77.4 Å². The van der Waals surface area contributed by atoms with E-state index in [-0.39, 0.29) is 0 Å². The number of benzene rings is 1. The maximum Gasteiger partial charge on any atom is 0.142 e. The zero-order valence-electron chi connectivity index (χ0n) is 7.55. The van der Waals surface area contributed by atoms with Crippen LogP contribution in [0, 0.1) is 6.92 Å². The van der Waals surface area contributed by atoms with Gasteiger partial charge in [0, 0.05) is 6.26 Å². The Morgan fingerprint density at radius 1 is 1.42 bits per heavy atom. The highest BCUT2D eigenvalue weighted by atomic mass is 32.2. The van der Waals surface area contributed by atoms with Crippen LogP contribution in [-0.4, -0.2) is 13.4 Å². The Hall–Kier alpha value is -0.830. The van der Waals surface area contributed by atoms with Gasteiger partial charge in [0.2, 0.25) is 0 Å². The average molecular weight is 183 g/mol. The molecule has 0 saturated carbocycles. The van der Waals surface area contributed by atoms with Crippen LogP contribution in [0.2, 0.25) is 0 Å². The van der Waals surface area contributed by atoms with Crippen LogP contribution in [0.25, 0.3) is 0 Å². The molecule has 12 heavy (non-hydrogen) atoms. The largest absolute Gasteiger partial charge is 0.495 e. The van der Waals surface area contributed by atoms with Gasteiger partial charge in [0.25, 0.3) is 0 Å². The molecule has 0 atom stereocenters. The van der Waals surface area contributed by atoms with Gasteiger partial charge in [-0.2, -0.15) is 0 Å². The second-order valence-corrected chi connectivity index (χ2v) is 3.12. The van der Waals surface area contributed by atoms with Crippen LogP contribution in [0.4, 0.5) is 5.69 Å². The highest BCUT2D eigenvalue weighted by Crippen LogP contribution is 2.26. The van der Waals surface area contributed by atoms with E-state index in [1.165, 1.54) is 5.56 Å². The predicted molar refractivity (Wildman–Crippen MR) is 54.9 cm³/mol. The topological polar surface area (TPSA) is 21.3 Å². The minimum Gasteiger partial charge on any atom is -0.495 e. The average Bonchev–Trinajstić information content (AvgIpc) is 2.05. The first-order valence-electron chi connectivity index (χ1n) is 3.71. The third-order valence-electron chi connectivity index (χ3n) is 1.57. The van der Waals surface area contributed by atoms with Crippen LogP contribution >= 0.6 is 11.9 Å². The summed E-state index contributed by atoms with van der Waals surface area (Å²) in [6.07, 6.45) is 1.99. The van der Waals surface area contributed by atoms with Gasteiger partial charge in [-0.3, -0.25) is 0 Å². The van der Waals surface area contributed by atoms with E-state index >= 15 is 0 Å². The summed E-state index contributed by atoms with van der Waals surface area (Å²) >= 11 is 1.56. The van der Waals surface area contributed by atoms with Crippen molar-refractivity contribution in [2.24, 2.45) is 0 Å². The molecule has 1 rings (SSSR count). The lowest BCUT2D eigenvalue weighted by molar-refractivity contribution is 0.417. The first kappa shape index (κ1) is 9.26. The Balaban J connectivity index is 2.95. The molecule has 2 nitrogen and oxygen atoms in total. The highest BCUT2D eigenvalue weighted by Gasteiger charge is 2.00. The third kappa shape index (κ3) is 2.08. The van der Waals surface area contributed by atoms with Crippen LogP contribution in [-0.2, 0) is 0 Å². The number of hydrogen-bond acceptors (Lipinski definition) is 3. The molecule has 1 aromatic rings. The molecule has 0 aliphatic heterocycles. The molecule has 3 heteroatoms. The van der Waals surface area contributed by atoms with E-state index in [1.54, 1.807) is 19.1 Å². The van der Waals surface area contributed by atoms with Gasteiger partial charge in [0.1, 0.15) is 5.75 Å². The van der Waals surface area contributed by atoms with Crippen LogP contribution in [0.15, 0.2) is 18.2 Å². The Morgan fingerprint density at radius 3 is 2.75 bits per heavy atom. The lowest BCUT2D eigenvalue weighted by atomic mass is 10.2. The number of anilines is 1. The van der Waals surface area contributed by atoms with Gasteiger partial charge in [-0.1, -0.05) is 18.0 Å². The molecule has 0 radical (unpaired) electrons. The lowest BCUT2D eigenvalue weighted by Crippen LogP contribution is -1.91. The summed E-state index contributed by atoms with van der Waals surface area (Å²) in [6.45, 7) is 2.06.